The van der Waals surface area contributed by atoms with E-state index in [-0.39, 0.29) is 11.9 Å². The molecule has 0 spiro atoms. The van der Waals surface area contributed by atoms with Crippen molar-refractivity contribution < 1.29 is 14.3 Å². The molecule has 0 bridgehead atoms. The van der Waals surface area contributed by atoms with E-state index in [0.717, 1.165) is 24.9 Å². The van der Waals surface area contributed by atoms with Crippen molar-refractivity contribution in [3.63, 3.8) is 0 Å². The number of amides is 1. The number of methoxy groups -OCH3 is 1. The van der Waals surface area contributed by atoms with Gasteiger partial charge in [0.25, 0.3) is 0 Å². The smallest absolute Gasteiger partial charge is 0.337 e. The van der Waals surface area contributed by atoms with Crippen molar-refractivity contribution in [1.29, 1.82) is 0 Å². The van der Waals surface area contributed by atoms with Crippen molar-refractivity contribution in [2.24, 2.45) is 0 Å². The molecule has 1 atom stereocenters. The van der Waals surface area contributed by atoms with Gasteiger partial charge in [-0.05, 0) is 48.5 Å². The van der Waals surface area contributed by atoms with Gasteiger partial charge in [0.2, 0.25) is 5.91 Å². The summed E-state index contributed by atoms with van der Waals surface area (Å²) in [5.41, 5.74) is 1.46. The van der Waals surface area contributed by atoms with Crippen molar-refractivity contribution in [2.75, 3.05) is 20.2 Å². The Balaban J connectivity index is 1.50. The summed E-state index contributed by atoms with van der Waals surface area (Å²) < 4.78 is 4.68. The quantitative estimate of drug-likeness (QED) is 0.807. The van der Waals surface area contributed by atoms with Gasteiger partial charge >= 0.3 is 5.97 Å². The first kappa shape index (κ1) is 17.6. The van der Waals surface area contributed by atoms with Gasteiger partial charge in [0.05, 0.1) is 19.2 Å². The molecule has 2 heterocycles. The molecule has 1 aromatic carbocycles. The summed E-state index contributed by atoms with van der Waals surface area (Å²) in [5, 5.41) is 5.05. The van der Waals surface area contributed by atoms with E-state index in [1.165, 1.54) is 12.0 Å². The average Bonchev–Trinajstić information content (AvgIpc) is 3.31. The number of carbonyl (C=O) groups is 2. The first-order valence-electron chi connectivity index (χ1n) is 8.39. The number of ether oxygens (including phenoxy) is 1. The fraction of sp³-hybridized carbons (Fsp3) is 0.368. The van der Waals surface area contributed by atoms with Crippen LogP contribution in [0.5, 0.6) is 0 Å². The third kappa shape index (κ3) is 4.46. The van der Waals surface area contributed by atoms with E-state index in [4.69, 9.17) is 0 Å². The van der Waals surface area contributed by atoms with Crippen LogP contribution in [0.3, 0.4) is 0 Å². The van der Waals surface area contributed by atoms with Gasteiger partial charge in [0, 0.05) is 17.5 Å². The number of esters is 1. The Morgan fingerprint density at radius 2 is 2.08 bits per heavy atom. The molecule has 0 radical (unpaired) electrons. The zero-order valence-electron chi connectivity index (χ0n) is 14.2. The number of hydrogen-bond acceptors (Lipinski definition) is 5. The first-order chi connectivity index (χ1) is 12.2. The Labute approximate surface area is 151 Å². The highest BCUT2D eigenvalue weighted by Crippen LogP contribution is 2.33. The highest BCUT2D eigenvalue weighted by Gasteiger charge is 2.27. The molecule has 6 heteroatoms. The molecule has 1 aliphatic heterocycles. The number of likely N-dealkylation sites (tertiary alicyclic amines) is 1. The molecular weight excluding hydrogens is 336 g/mol. The standard InChI is InChI=1S/C19H22N2O3S/c1-24-19(23)15-8-6-14(7-9-15)12-20-18(22)13-21-10-2-4-16(21)17-5-3-11-25-17/h3,5-9,11,16H,2,4,10,12-13H2,1H3,(H,20,22)/t16-/m0/s1. The average molecular weight is 358 g/mol. The van der Waals surface area contributed by atoms with E-state index in [9.17, 15) is 9.59 Å². The Bertz CT molecular complexity index is 713. The van der Waals surface area contributed by atoms with Crippen LogP contribution in [0, 0.1) is 0 Å². The zero-order valence-corrected chi connectivity index (χ0v) is 15.1. The Hall–Kier alpha value is -2.18. The number of hydrogen-bond donors (Lipinski definition) is 1. The molecule has 1 aromatic heterocycles. The summed E-state index contributed by atoms with van der Waals surface area (Å²) in [4.78, 5) is 27.3. The minimum absolute atomic E-state index is 0.0282. The van der Waals surface area contributed by atoms with Crippen molar-refractivity contribution in [3.8, 4) is 0 Å². The van der Waals surface area contributed by atoms with Crippen LogP contribution >= 0.6 is 11.3 Å². The van der Waals surface area contributed by atoms with E-state index in [1.54, 1.807) is 23.5 Å². The molecule has 25 heavy (non-hydrogen) atoms. The number of nitrogens with zero attached hydrogens (tertiary/aromatic N) is 1. The second kappa shape index (κ2) is 8.27. The van der Waals surface area contributed by atoms with E-state index < -0.39 is 0 Å². The molecule has 1 fully saturated rings. The van der Waals surface area contributed by atoms with Gasteiger partial charge in [0.1, 0.15) is 0 Å². The molecular formula is C19H22N2O3S. The Morgan fingerprint density at radius 1 is 1.28 bits per heavy atom. The lowest BCUT2D eigenvalue weighted by Gasteiger charge is -2.22. The van der Waals surface area contributed by atoms with Crippen LogP contribution in [0.2, 0.25) is 0 Å². The minimum atomic E-state index is -0.357. The van der Waals surface area contributed by atoms with Gasteiger partial charge in [0.15, 0.2) is 0 Å². The van der Waals surface area contributed by atoms with Crippen LogP contribution in [0.1, 0.15) is 39.7 Å². The van der Waals surface area contributed by atoms with Gasteiger partial charge in [-0.2, -0.15) is 0 Å². The topological polar surface area (TPSA) is 58.6 Å². The largest absolute Gasteiger partial charge is 0.465 e. The summed E-state index contributed by atoms with van der Waals surface area (Å²) >= 11 is 1.76. The minimum Gasteiger partial charge on any atom is -0.465 e. The lowest BCUT2D eigenvalue weighted by atomic mass is 10.1. The van der Waals surface area contributed by atoms with Gasteiger partial charge in [-0.3, -0.25) is 9.69 Å². The molecule has 1 saturated heterocycles. The third-order valence-corrected chi connectivity index (χ3v) is 5.42. The maximum atomic E-state index is 12.3. The summed E-state index contributed by atoms with van der Waals surface area (Å²) in [6.45, 7) is 1.84. The fourth-order valence-corrected chi connectivity index (χ4v) is 4.03. The van der Waals surface area contributed by atoms with E-state index >= 15 is 0 Å². The monoisotopic (exact) mass is 358 g/mol. The fourth-order valence-electron chi connectivity index (χ4n) is 3.14. The van der Waals surface area contributed by atoms with Crippen LogP contribution in [0.4, 0.5) is 0 Å². The molecule has 2 aromatic rings. The number of benzene rings is 1. The van der Waals surface area contributed by atoms with E-state index in [0.29, 0.717) is 24.7 Å². The molecule has 0 unspecified atom stereocenters. The van der Waals surface area contributed by atoms with Gasteiger partial charge < -0.3 is 10.1 Å². The van der Waals surface area contributed by atoms with Gasteiger partial charge in [-0.1, -0.05) is 18.2 Å². The Kier molecular flexibility index (Phi) is 5.83. The maximum absolute atomic E-state index is 12.3. The molecule has 3 rings (SSSR count). The molecule has 0 aliphatic carbocycles. The molecule has 1 N–H and O–H groups in total. The summed E-state index contributed by atoms with van der Waals surface area (Å²) in [6, 6.07) is 11.7. The van der Waals surface area contributed by atoms with Crippen LogP contribution in [0.25, 0.3) is 0 Å². The SMILES string of the molecule is COC(=O)c1ccc(CNC(=O)CN2CCC[C@H]2c2cccs2)cc1. The van der Waals surface area contributed by atoms with Crippen molar-refractivity contribution in [1.82, 2.24) is 10.2 Å². The van der Waals surface area contributed by atoms with Gasteiger partial charge in [-0.25, -0.2) is 4.79 Å². The molecule has 0 saturated carbocycles. The highest BCUT2D eigenvalue weighted by atomic mass is 32.1. The predicted molar refractivity (Wildman–Crippen MR) is 97.5 cm³/mol. The molecule has 5 nitrogen and oxygen atoms in total. The van der Waals surface area contributed by atoms with Gasteiger partial charge in [-0.15, -0.1) is 11.3 Å². The van der Waals surface area contributed by atoms with Crippen LogP contribution in [-0.2, 0) is 16.1 Å². The molecule has 1 aliphatic rings. The molecule has 1 amide bonds. The highest BCUT2D eigenvalue weighted by molar-refractivity contribution is 7.10. The number of nitrogens with one attached hydrogen (secondary N) is 1. The second-order valence-electron chi connectivity index (χ2n) is 6.11. The molecule has 132 valence electrons. The van der Waals surface area contributed by atoms with Crippen molar-refractivity contribution in [3.05, 3.63) is 57.8 Å². The van der Waals surface area contributed by atoms with Crippen LogP contribution in [-0.4, -0.2) is 37.0 Å². The lowest BCUT2D eigenvalue weighted by Crippen LogP contribution is -2.36. The maximum Gasteiger partial charge on any atom is 0.337 e. The number of thiophene rings is 1. The number of carbonyl (C=O) groups excluding carboxylic acids is 2. The lowest BCUT2D eigenvalue weighted by molar-refractivity contribution is -0.122. The summed E-state index contributed by atoms with van der Waals surface area (Å²) in [7, 11) is 1.36. The van der Waals surface area contributed by atoms with E-state index in [2.05, 4.69) is 32.5 Å². The summed E-state index contributed by atoms with van der Waals surface area (Å²) in [6.07, 6.45) is 2.24. The zero-order chi connectivity index (χ0) is 17.6. The third-order valence-electron chi connectivity index (χ3n) is 4.45. The van der Waals surface area contributed by atoms with Crippen molar-refractivity contribution >= 4 is 23.2 Å². The van der Waals surface area contributed by atoms with Crippen LogP contribution < -0.4 is 5.32 Å². The summed E-state index contributed by atoms with van der Waals surface area (Å²) in [5.74, 6) is -0.329. The number of rotatable bonds is 6. The Morgan fingerprint density at radius 3 is 2.76 bits per heavy atom. The van der Waals surface area contributed by atoms with Crippen molar-refractivity contribution in [2.45, 2.75) is 25.4 Å². The van der Waals surface area contributed by atoms with E-state index in [1.807, 2.05) is 12.1 Å². The second-order valence-corrected chi connectivity index (χ2v) is 7.09. The first-order valence-corrected chi connectivity index (χ1v) is 9.27. The normalized spacial score (nSPS) is 17.4. The predicted octanol–water partition coefficient (Wildman–Crippen LogP) is 2.99. The van der Waals surface area contributed by atoms with Crippen LogP contribution in [0.15, 0.2) is 41.8 Å².